The van der Waals surface area contributed by atoms with Crippen molar-refractivity contribution in [2.75, 3.05) is 0 Å². The lowest BCUT2D eigenvalue weighted by atomic mass is 9.92. The maximum atomic E-state index is 11.5. The first-order chi connectivity index (χ1) is 8.59. The molecule has 1 fully saturated rings. The normalized spacial score (nSPS) is 16.9. The van der Waals surface area contributed by atoms with E-state index in [9.17, 15) is 4.79 Å². The molecule has 1 aromatic rings. The van der Waals surface area contributed by atoms with Gasteiger partial charge in [0.15, 0.2) is 5.78 Å². The van der Waals surface area contributed by atoms with Gasteiger partial charge in [-0.25, -0.2) is 0 Å². The van der Waals surface area contributed by atoms with Gasteiger partial charge in [-0.2, -0.15) is 0 Å². The summed E-state index contributed by atoms with van der Waals surface area (Å²) in [6, 6.07) is 10.1. The molecule has 0 saturated heterocycles. The van der Waals surface area contributed by atoms with Gasteiger partial charge >= 0.3 is 0 Å². The summed E-state index contributed by atoms with van der Waals surface area (Å²) in [5.74, 6) is -0.500. The Morgan fingerprint density at radius 3 is 2.28 bits per heavy atom. The molecule has 2 rings (SSSR count). The highest BCUT2D eigenvalue weighted by molar-refractivity contribution is 6.00. The minimum absolute atomic E-state index is 0.333. The monoisotopic (exact) mass is 246 g/mol. The molecule has 1 aromatic carbocycles. The Labute approximate surface area is 107 Å². The number of carboxylic acids is 1. The molecule has 0 aliphatic heterocycles. The average Bonchev–Trinajstić information content (AvgIpc) is 2.33. The first kappa shape index (κ1) is 14.2. The Bertz CT molecular complexity index is 428. The predicted octanol–water partition coefficient (Wildman–Crippen LogP) is 3.30. The zero-order valence-corrected chi connectivity index (χ0v) is 10.6. The van der Waals surface area contributed by atoms with Gasteiger partial charge in [0.05, 0.1) is 0 Å². The number of carbonyl (C=O) groups is 2. The van der Waals surface area contributed by atoms with Crippen LogP contribution in [0.5, 0.6) is 0 Å². The van der Waals surface area contributed by atoms with Crippen molar-refractivity contribution in [3.8, 4) is 0 Å². The molecule has 3 nitrogen and oxygen atoms in total. The van der Waals surface area contributed by atoms with Crippen LogP contribution in [0.15, 0.2) is 35.9 Å². The Morgan fingerprint density at radius 1 is 1.17 bits per heavy atom. The zero-order valence-electron chi connectivity index (χ0n) is 10.6. The van der Waals surface area contributed by atoms with Crippen LogP contribution in [0.4, 0.5) is 0 Å². The van der Waals surface area contributed by atoms with Crippen LogP contribution in [0.3, 0.4) is 0 Å². The van der Waals surface area contributed by atoms with Crippen molar-refractivity contribution in [1.29, 1.82) is 0 Å². The predicted molar refractivity (Wildman–Crippen MR) is 71.2 cm³/mol. The first-order valence-electron chi connectivity index (χ1n) is 6.08. The van der Waals surface area contributed by atoms with Gasteiger partial charge in [0, 0.05) is 13.3 Å². The van der Waals surface area contributed by atoms with E-state index in [1.165, 1.54) is 0 Å². The number of hydrogen-bond acceptors (Lipinski definition) is 2. The number of hydrogen-bond donors (Lipinski definition) is 1. The highest BCUT2D eigenvalue weighted by Gasteiger charge is 2.14. The lowest BCUT2D eigenvalue weighted by Gasteiger charge is -2.12. The van der Waals surface area contributed by atoms with Crippen LogP contribution < -0.4 is 0 Å². The second-order valence-corrected chi connectivity index (χ2v) is 4.23. The minimum Gasteiger partial charge on any atom is -0.481 e. The standard InChI is InChI=1S/C13H14O.C2H4O2/c14-13-9-5-4-8-12(13)10-11-6-2-1-3-7-11;1-2(3)4/h1-3,6-7,10H,4-5,8-9H2;1H3,(H,3,4). The van der Waals surface area contributed by atoms with Crippen LogP contribution in [-0.4, -0.2) is 16.9 Å². The number of Topliss-reactive ketones (excluding diaryl/α,β-unsaturated/α-hetero) is 1. The molecule has 0 amide bonds. The molecule has 0 unspecified atom stereocenters. The van der Waals surface area contributed by atoms with E-state index < -0.39 is 5.97 Å². The molecule has 0 spiro atoms. The number of carbonyl (C=O) groups excluding carboxylic acids is 1. The van der Waals surface area contributed by atoms with Crippen molar-refractivity contribution in [1.82, 2.24) is 0 Å². The fourth-order valence-corrected chi connectivity index (χ4v) is 1.80. The third-order valence-electron chi connectivity index (χ3n) is 2.60. The van der Waals surface area contributed by atoms with Crippen molar-refractivity contribution < 1.29 is 14.7 Å². The number of ketones is 1. The SMILES string of the molecule is CC(=O)O.O=C1CCCCC1=Cc1ccccc1. The van der Waals surface area contributed by atoms with Gasteiger partial charge in [-0.1, -0.05) is 30.3 Å². The summed E-state index contributed by atoms with van der Waals surface area (Å²) >= 11 is 0. The van der Waals surface area contributed by atoms with Crippen molar-refractivity contribution in [2.24, 2.45) is 0 Å². The van der Waals surface area contributed by atoms with Crippen molar-refractivity contribution in [2.45, 2.75) is 32.6 Å². The molecule has 1 saturated carbocycles. The fraction of sp³-hybridized carbons (Fsp3) is 0.333. The third kappa shape index (κ3) is 5.43. The summed E-state index contributed by atoms with van der Waals surface area (Å²) in [4.78, 5) is 20.5. The van der Waals surface area contributed by atoms with Gasteiger partial charge in [0.1, 0.15) is 0 Å². The van der Waals surface area contributed by atoms with Gasteiger partial charge in [-0.3, -0.25) is 9.59 Å². The molecule has 0 radical (unpaired) electrons. The average molecular weight is 246 g/mol. The molecule has 0 atom stereocenters. The summed E-state index contributed by atoms with van der Waals surface area (Å²) in [5.41, 5.74) is 2.14. The Kier molecular flexibility index (Phi) is 5.85. The summed E-state index contributed by atoms with van der Waals surface area (Å²) in [7, 11) is 0. The van der Waals surface area contributed by atoms with Gasteiger partial charge in [0.2, 0.25) is 0 Å². The molecule has 3 heteroatoms. The zero-order chi connectivity index (χ0) is 13.4. The van der Waals surface area contributed by atoms with Crippen molar-refractivity contribution >= 4 is 17.8 Å². The number of rotatable bonds is 1. The molecule has 1 aliphatic rings. The second-order valence-electron chi connectivity index (χ2n) is 4.23. The molecule has 0 heterocycles. The lowest BCUT2D eigenvalue weighted by Crippen LogP contribution is -2.07. The second kappa shape index (κ2) is 7.43. The van der Waals surface area contributed by atoms with Crippen molar-refractivity contribution in [3.05, 3.63) is 41.5 Å². The largest absolute Gasteiger partial charge is 0.481 e. The van der Waals surface area contributed by atoms with E-state index in [0.717, 1.165) is 43.7 Å². The fourth-order valence-electron chi connectivity index (χ4n) is 1.80. The first-order valence-corrected chi connectivity index (χ1v) is 6.08. The van der Waals surface area contributed by atoms with Crippen LogP contribution in [0, 0.1) is 0 Å². The van der Waals surface area contributed by atoms with Crippen LogP contribution in [0.25, 0.3) is 6.08 Å². The number of benzene rings is 1. The Balaban J connectivity index is 0.000000357. The molecule has 1 N–H and O–H groups in total. The third-order valence-corrected chi connectivity index (χ3v) is 2.60. The minimum atomic E-state index is -0.833. The molecule has 96 valence electrons. The summed E-state index contributed by atoms with van der Waals surface area (Å²) in [5, 5.41) is 7.42. The van der Waals surface area contributed by atoms with Gasteiger partial charge in [0.25, 0.3) is 5.97 Å². The van der Waals surface area contributed by atoms with Gasteiger partial charge < -0.3 is 5.11 Å². The van der Waals surface area contributed by atoms with E-state index in [-0.39, 0.29) is 0 Å². The van der Waals surface area contributed by atoms with Crippen molar-refractivity contribution in [3.63, 3.8) is 0 Å². The van der Waals surface area contributed by atoms with Crippen LogP contribution in [-0.2, 0) is 9.59 Å². The Hall–Kier alpha value is -1.90. The van der Waals surface area contributed by atoms with Gasteiger partial charge in [-0.05, 0) is 36.5 Å². The maximum absolute atomic E-state index is 11.5. The number of allylic oxidation sites excluding steroid dienone is 1. The van der Waals surface area contributed by atoms with E-state index >= 15 is 0 Å². The van der Waals surface area contributed by atoms with E-state index in [2.05, 4.69) is 0 Å². The van der Waals surface area contributed by atoms with E-state index in [0.29, 0.717) is 5.78 Å². The lowest BCUT2D eigenvalue weighted by molar-refractivity contribution is -0.134. The highest BCUT2D eigenvalue weighted by Crippen LogP contribution is 2.21. The number of carboxylic acid groups (broad SMARTS) is 1. The molecule has 0 aromatic heterocycles. The van der Waals surface area contributed by atoms with E-state index in [1.54, 1.807) is 0 Å². The smallest absolute Gasteiger partial charge is 0.300 e. The Morgan fingerprint density at radius 2 is 1.72 bits per heavy atom. The molecule has 0 bridgehead atoms. The van der Waals surface area contributed by atoms with Crippen LogP contribution in [0.1, 0.15) is 38.2 Å². The molecular formula is C15H18O3. The van der Waals surface area contributed by atoms with Crippen LogP contribution >= 0.6 is 0 Å². The summed E-state index contributed by atoms with van der Waals surface area (Å²) in [6.45, 7) is 1.08. The topological polar surface area (TPSA) is 54.4 Å². The molecule has 1 aliphatic carbocycles. The van der Waals surface area contributed by atoms with Crippen LogP contribution in [0.2, 0.25) is 0 Å². The number of aliphatic carboxylic acids is 1. The summed E-state index contributed by atoms with van der Waals surface area (Å²) in [6.07, 6.45) is 5.93. The quantitative estimate of drug-likeness (QED) is 0.773. The molecular weight excluding hydrogens is 228 g/mol. The maximum Gasteiger partial charge on any atom is 0.300 e. The highest BCUT2D eigenvalue weighted by atomic mass is 16.4. The van der Waals surface area contributed by atoms with Gasteiger partial charge in [-0.15, -0.1) is 0 Å². The van der Waals surface area contributed by atoms with E-state index in [4.69, 9.17) is 9.90 Å². The van der Waals surface area contributed by atoms with E-state index in [1.807, 2.05) is 36.4 Å². The molecule has 18 heavy (non-hydrogen) atoms. The summed E-state index contributed by atoms with van der Waals surface area (Å²) < 4.78 is 0.